The zero-order valence-corrected chi connectivity index (χ0v) is 19.1. The number of hydrogen-bond acceptors (Lipinski definition) is 5. The fourth-order valence-electron chi connectivity index (χ4n) is 3.38. The molecule has 1 aliphatic heterocycles. The van der Waals surface area contributed by atoms with E-state index in [-0.39, 0.29) is 48.1 Å². The van der Waals surface area contributed by atoms with Crippen LogP contribution in [0.2, 0.25) is 10.0 Å². The third-order valence-corrected chi connectivity index (χ3v) is 7.28. The van der Waals surface area contributed by atoms with Gasteiger partial charge >= 0.3 is 0 Å². The Morgan fingerprint density at radius 3 is 2.44 bits per heavy atom. The van der Waals surface area contributed by atoms with Crippen LogP contribution in [-0.4, -0.2) is 61.8 Å². The van der Waals surface area contributed by atoms with Gasteiger partial charge in [-0.15, -0.1) is 0 Å². The lowest BCUT2D eigenvalue weighted by molar-refractivity contribution is -0.130. The zero-order valence-electron chi connectivity index (χ0n) is 16.8. The molecule has 0 aromatic heterocycles. The Kier molecular flexibility index (Phi) is 7.73. The third-order valence-electron chi connectivity index (χ3n) is 4.87. The molecule has 2 aromatic carbocycles. The van der Waals surface area contributed by atoms with Gasteiger partial charge in [-0.3, -0.25) is 9.59 Å². The average Bonchev–Trinajstić information content (AvgIpc) is 2.76. The van der Waals surface area contributed by atoms with Crippen LogP contribution in [0.3, 0.4) is 0 Å². The van der Waals surface area contributed by atoms with Gasteiger partial charge in [0.05, 0.1) is 15.5 Å². The van der Waals surface area contributed by atoms with E-state index < -0.39 is 33.8 Å². The van der Waals surface area contributed by atoms with Crippen LogP contribution in [0.4, 0.5) is 4.39 Å². The number of halogens is 3. The first kappa shape index (κ1) is 24.4. The molecule has 0 aliphatic carbocycles. The second-order valence-corrected chi connectivity index (χ2v) is 9.73. The van der Waals surface area contributed by atoms with Crippen LogP contribution in [0.25, 0.3) is 0 Å². The summed E-state index contributed by atoms with van der Waals surface area (Å²) in [6, 6.07) is 8.51. The minimum atomic E-state index is -4.24. The molecular formula is C20H21Cl2FN4O4S. The van der Waals surface area contributed by atoms with Gasteiger partial charge in [0.1, 0.15) is 5.82 Å². The van der Waals surface area contributed by atoms with E-state index in [1.165, 1.54) is 18.2 Å². The Balaban J connectivity index is 2.04. The fraction of sp³-hybridized carbons (Fsp3) is 0.300. The van der Waals surface area contributed by atoms with Crippen LogP contribution in [0.15, 0.2) is 47.4 Å². The van der Waals surface area contributed by atoms with Crippen molar-refractivity contribution in [1.82, 2.24) is 14.5 Å². The number of sulfonamides is 1. The highest BCUT2D eigenvalue weighted by molar-refractivity contribution is 7.89. The second-order valence-electron chi connectivity index (χ2n) is 7.00. The van der Waals surface area contributed by atoms with E-state index in [1.807, 2.05) is 0 Å². The summed E-state index contributed by atoms with van der Waals surface area (Å²) >= 11 is 12.1. The number of benzene rings is 2. The van der Waals surface area contributed by atoms with Crippen molar-refractivity contribution in [2.24, 2.45) is 5.73 Å². The monoisotopic (exact) mass is 502 g/mol. The highest BCUT2D eigenvalue weighted by Crippen LogP contribution is 2.28. The average molecular weight is 503 g/mol. The lowest BCUT2D eigenvalue weighted by atomic mass is 10.1. The molecule has 0 spiro atoms. The Morgan fingerprint density at radius 2 is 1.81 bits per heavy atom. The summed E-state index contributed by atoms with van der Waals surface area (Å²) in [5.41, 5.74) is 5.54. The Bertz CT molecular complexity index is 1120. The summed E-state index contributed by atoms with van der Waals surface area (Å²) in [5.74, 6) is -1.94. The van der Waals surface area contributed by atoms with Gasteiger partial charge in [-0.2, -0.15) is 4.31 Å². The standard InChI is InChI=1S/C20H21Cl2FN4O4S/c21-13-2-7-16(17(22)12-13)20(29)26-10-1-11-27(19(26)18(28)25-9-8-24)32(30,31)15-5-3-14(23)4-6-15/h2-7,12,19H,1,8-11,24H2,(H,25,28). The molecular weight excluding hydrogens is 482 g/mol. The molecule has 1 aliphatic rings. The largest absolute Gasteiger partial charge is 0.352 e. The van der Waals surface area contributed by atoms with Gasteiger partial charge in [0.2, 0.25) is 10.0 Å². The molecule has 1 fully saturated rings. The molecule has 2 aromatic rings. The van der Waals surface area contributed by atoms with E-state index in [9.17, 15) is 22.4 Å². The van der Waals surface area contributed by atoms with Crippen molar-refractivity contribution in [3.05, 3.63) is 63.9 Å². The summed E-state index contributed by atoms with van der Waals surface area (Å²) < 4.78 is 40.9. The molecule has 12 heteroatoms. The first-order chi connectivity index (χ1) is 15.2. The van der Waals surface area contributed by atoms with Gasteiger partial charge in [-0.05, 0) is 48.9 Å². The SMILES string of the molecule is NCCNC(=O)C1N(C(=O)c2ccc(Cl)cc2Cl)CCCN1S(=O)(=O)c1ccc(F)cc1. The number of carbonyl (C=O) groups is 2. The first-order valence-electron chi connectivity index (χ1n) is 9.68. The summed E-state index contributed by atoms with van der Waals surface area (Å²) in [5, 5.41) is 2.94. The smallest absolute Gasteiger partial charge is 0.259 e. The van der Waals surface area contributed by atoms with E-state index in [0.29, 0.717) is 5.02 Å². The fourth-order valence-corrected chi connectivity index (χ4v) is 5.46. The molecule has 1 atom stereocenters. The second kappa shape index (κ2) is 10.1. The quantitative estimate of drug-likeness (QED) is 0.627. The van der Waals surface area contributed by atoms with E-state index in [4.69, 9.17) is 28.9 Å². The van der Waals surface area contributed by atoms with Crippen LogP contribution in [-0.2, 0) is 14.8 Å². The van der Waals surface area contributed by atoms with Crippen molar-refractivity contribution in [3.63, 3.8) is 0 Å². The van der Waals surface area contributed by atoms with E-state index >= 15 is 0 Å². The Morgan fingerprint density at radius 1 is 1.12 bits per heavy atom. The van der Waals surface area contributed by atoms with Crippen molar-refractivity contribution >= 4 is 45.0 Å². The number of rotatable bonds is 6. The lowest BCUT2D eigenvalue weighted by Crippen LogP contribution is -2.63. The molecule has 0 radical (unpaired) electrons. The molecule has 3 N–H and O–H groups in total. The minimum absolute atomic E-state index is 0.0153. The van der Waals surface area contributed by atoms with Gasteiger partial charge < -0.3 is 16.0 Å². The molecule has 0 bridgehead atoms. The number of nitrogens with zero attached hydrogens (tertiary/aromatic N) is 2. The van der Waals surface area contributed by atoms with Crippen molar-refractivity contribution in [3.8, 4) is 0 Å². The van der Waals surface area contributed by atoms with E-state index in [1.54, 1.807) is 0 Å². The molecule has 0 saturated carbocycles. The summed E-state index contributed by atoms with van der Waals surface area (Å²) in [7, 11) is -4.24. The van der Waals surface area contributed by atoms with Crippen LogP contribution >= 0.6 is 23.2 Å². The van der Waals surface area contributed by atoms with Crippen molar-refractivity contribution in [2.45, 2.75) is 17.5 Å². The normalized spacial score (nSPS) is 17.2. The summed E-state index contributed by atoms with van der Waals surface area (Å²) in [6.45, 7) is 0.316. The van der Waals surface area contributed by atoms with E-state index in [0.717, 1.165) is 33.5 Å². The predicted octanol–water partition coefficient (Wildman–Crippen LogP) is 2.07. The van der Waals surface area contributed by atoms with E-state index in [2.05, 4.69) is 5.32 Å². The van der Waals surface area contributed by atoms with Crippen LogP contribution in [0.1, 0.15) is 16.8 Å². The predicted molar refractivity (Wildman–Crippen MR) is 118 cm³/mol. The maximum atomic E-state index is 13.3. The molecule has 1 unspecified atom stereocenters. The Labute approximate surface area is 195 Å². The molecule has 1 heterocycles. The van der Waals surface area contributed by atoms with Gasteiger partial charge in [-0.1, -0.05) is 23.2 Å². The molecule has 1 saturated heterocycles. The van der Waals surface area contributed by atoms with Gasteiger partial charge in [-0.25, -0.2) is 12.8 Å². The van der Waals surface area contributed by atoms with Crippen molar-refractivity contribution in [2.75, 3.05) is 26.2 Å². The number of hydrogen-bond donors (Lipinski definition) is 2. The van der Waals surface area contributed by atoms with Crippen LogP contribution in [0.5, 0.6) is 0 Å². The minimum Gasteiger partial charge on any atom is -0.352 e. The van der Waals surface area contributed by atoms with Gasteiger partial charge in [0.25, 0.3) is 11.8 Å². The Hall–Kier alpha value is -2.24. The highest BCUT2D eigenvalue weighted by atomic mass is 35.5. The van der Waals surface area contributed by atoms with Gasteiger partial charge in [0, 0.05) is 31.2 Å². The first-order valence-corrected chi connectivity index (χ1v) is 11.9. The van der Waals surface area contributed by atoms with Gasteiger partial charge in [0.15, 0.2) is 6.17 Å². The molecule has 8 nitrogen and oxygen atoms in total. The maximum Gasteiger partial charge on any atom is 0.259 e. The maximum absolute atomic E-state index is 13.3. The molecule has 3 rings (SSSR count). The summed E-state index contributed by atoms with van der Waals surface area (Å²) in [4.78, 5) is 27.2. The van der Waals surface area contributed by atoms with Crippen LogP contribution in [0, 0.1) is 5.82 Å². The molecule has 32 heavy (non-hydrogen) atoms. The number of amides is 2. The summed E-state index contributed by atoms with van der Waals surface area (Å²) in [6.07, 6.45) is -1.21. The number of carbonyl (C=O) groups excluding carboxylic acids is 2. The zero-order chi connectivity index (χ0) is 23.5. The number of nitrogens with one attached hydrogen (secondary N) is 1. The molecule has 172 valence electrons. The highest BCUT2D eigenvalue weighted by Gasteiger charge is 2.44. The molecule has 2 amide bonds. The lowest BCUT2D eigenvalue weighted by Gasteiger charge is -2.41. The van der Waals surface area contributed by atoms with Crippen molar-refractivity contribution < 1.29 is 22.4 Å². The van der Waals surface area contributed by atoms with Crippen molar-refractivity contribution in [1.29, 1.82) is 0 Å². The topological polar surface area (TPSA) is 113 Å². The van der Waals surface area contributed by atoms with Crippen LogP contribution < -0.4 is 11.1 Å². The number of nitrogens with two attached hydrogens (primary N) is 1. The third kappa shape index (κ3) is 5.05.